The number of nitrogens with two attached hydrogens (primary N) is 1. The molecule has 0 bridgehead atoms. The van der Waals surface area contributed by atoms with Gasteiger partial charge in [0.25, 0.3) is 5.89 Å². The summed E-state index contributed by atoms with van der Waals surface area (Å²) < 4.78 is 11.2. The first kappa shape index (κ1) is 11.7. The van der Waals surface area contributed by atoms with Crippen LogP contribution < -0.4 is 5.73 Å². The Hall–Kier alpha value is -0.760. The summed E-state index contributed by atoms with van der Waals surface area (Å²) in [5.41, 5.74) is 5.51. The number of hydrogen-bond acceptors (Lipinski definition) is 6. The van der Waals surface area contributed by atoms with E-state index in [1.54, 1.807) is 7.11 Å². The Morgan fingerprint density at radius 2 is 2.50 bits per heavy atom. The molecular weight excluding hydrogens is 294 g/mol. The van der Waals surface area contributed by atoms with Gasteiger partial charge in [0.1, 0.15) is 6.10 Å². The van der Waals surface area contributed by atoms with E-state index in [4.69, 9.17) is 15.0 Å². The van der Waals surface area contributed by atoms with Crippen molar-refractivity contribution >= 4 is 27.3 Å². The van der Waals surface area contributed by atoms with E-state index in [1.807, 2.05) is 11.4 Å². The summed E-state index contributed by atoms with van der Waals surface area (Å²) in [4.78, 5) is 5.18. The highest BCUT2D eigenvalue weighted by molar-refractivity contribution is 9.10. The highest BCUT2D eigenvalue weighted by Crippen LogP contribution is 2.28. The van der Waals surface area contributed by atoms with Crippen LogP contribution in [0.3, 0.4) is 0 Å². The maximum Gasteiger partial charge on any atom is 0.257 e. The molecule has 16 heavy (non-hydrogen) atoms. The Bertz CT molecular complexity index is 467. The van der Waals surface area contributed by atoms with Crippen LogP contribution in [0.2, 0.25) is 0 Å². The molecule has 7 heteroatoms. The highest BCUT2D eigenvalue weighted by atomic mass is 79.9. The van der Waals surface area contributed by atoms with Crippen LogP contribution in [0, 0.1) is 0 Å². The molecule has 2 heterocycles. The molecule has 0 spiro atoms. The molecule has 5 nitrogen and oxygen atoms in total. The van der Waals surface area contributed by atoms with Crippen molar-refractivity contribution in [2.45, 2.75) is 6.10 Å². The molecule has 2 aromatic rings. The fraction of sp³-hybridized carbons (Fsp3) is 0.333. The number of ether oxygens (including phenoxy) is 1. The lowest BCUT2D eigenvalue weighted by atomic mass is 10.3. The first-order chi connectivity index (χ1) is 7.74. The van der Waals surface area contributed by atoms with Crippen LogP contribution in [0.5, 0.6) is 0 Å². The molecule has 2 N–H and O–H groups in total. The maximum atomic E-state index is 5.51. The van der Waals surface area contributed by atoms with E-state index in [-0.39, 0.29) is 6.10 Å². The minimum atomic E-state index is -0.343. The molecule has 2 rings (SSSR count). The lowest BCUT2D eigenvalue weighted by Gasteiger charge is -2.05. The monoisotopic (exact) mass is 303 g/mol. The van der Waals surface area contributed by atoms with Crippen molar-refractivity contribution in [3.05, 3.63) is 21.8 Å². The Balaban J connectivity index is 2.25. The second kappa shape index (κ2) is 5.05. The molecular formula is C9H10BrN3O2S. The van der Waals surface area contributed by atoms with Crippen LogP contribution >= 0.6 is 27.3 Å². The number of hydrogen-bond donors (Lipinski definition) is 1. The summed E-state index contributed by atoms with van der Waals surface area (Å²) in [7, 11) is 1.56. The van der Waals surface area contributed by atoms with Gasteiger partial charge in [-0.1, -0.05) is 5.16 Å². The molecule has 2 aromatic heterocycles. The van der Waals surface area contributed by atoms with Crippen molar-refractivity contribution in [2.24, 2.45) is 5.73 Å². The van der Waals surface area contributed by atoms with Crippen LogP contribution in [0.4, 0.5) is 0 Å². The molecule has 0 saturated heterocycles. The largest absolute Gasteiger partial charge is 0.370 e. The second-order valence-electron chi connectivity index (χ2n) is 3.05. The second-order valence-corrected chi connectivity index (χ2v) is 4.87. The molecule has 1 atom stereocenters. The summed E-state index contributed by atoms with van der Waals surface area (Å²) in [5.74, 6) is 0.964. The summed E-state index contributed by atoms with van der Waals surface area (Å²) in [6, 6.07) is 1.93. The van der Waals surface area contributed by atoms with Gasteiger partial charge in [0, 0.05) is 23.5 Å². The Morgan fingerprint density at radius 1 is 1.69 bits per heavy atom. The van der Waals surface area contributed by atoms with Gasteiger partial charge in [-0.05, 0) is 22.0 Å². The fourth-order valence-corrected chi connectivity index (χ4v) is 2.55. The molecule has 0 amide bonds. The standard InChI is InChI=1S/C9H10BrN3O2S/c1-14-6(3-11)9-12-8(13-15-9)7-2-5(10)4-16-7/h2,4,6H,3,11H2,1H3. The van der Waals surface area contributed by atoms with Crippen molar-refractivity contribution in [3.63, 3.8) is 0 Å². The van der Waals surface area contributed by atoms with E-state index < -0.39 is 0 Å². The Labute approximate surface area is 105 Å². The van der Waals surface area contributed by atoms with Crippen molar-refractivity contribution < 1.29 is 9.26 Å². The van der Waals surface area contributed by atoms with Gasteiger partial charge in [-0.3, -0.25) is 0 Å². The Kier molecular flexibility index (Phi) is 3.70. The third-order valence-electron chi connectivity index (χ3n) is 2.00. The fourth-order valence-electron chi connectivity index (χ4n) is 1.19. The lowest BCUT2D eigenvalue weighted by molar-refractivity contribution is 0.0804. The average Bonchev–Trinajstić information content (AvgIpc) is 2.89. The number of halogens is 1. The van der Waals surface area contributed by atoms with Crippen LogP contribution in [0.25, 0.3) is 10.7 Å². The number of nitrogens with zero attached hydrogens (tertiary/aromatic N) is 2. The third-order valence-corrected chi connectivity index (χ3v) is 3.69. The topological polar surface area (TPSA) is 74.2 Å². The SMILES string of the molecule is COC(CN)c1nc(-c2cc(Br)cs2)no1. The van der Waals surface area contributed by atoms with Crippen LogP contribution in [0.15, 0.2) is 20.4 Å². The van der Waals surface area contributed by atoms with Crippen LogP contribution in [0.1, 0.15) is 12.0 Å². The van der Waals surface area contributed by atoms with E-state index in [1.165, 1.54) is 11.3 Å². The predicted molar refractivity (Wildman–Crippen MR) is 64.1 cm³/mol. The van der Waals surface area contributed by atoms with Crippen LogP contribution in [-0.2, 0) is 4.74 Å². The molecule has 86 valence electrons. The summed E-state index contributed by atoms with van der Waals surface area (Å²) in [6.07, 6.45) is -0.343. The van der Waals surface area contributed by atoms with Crippen molar-refractivity contribution in [3.8, 4) is 10.7 Å². The zero-order chi connectivity index (χ0) is 11.5. The van der Waals surface area contributed by atoms with Crippen molar-refractivity contribution in [1.29, 1.82) is 0 Å². The molecule has 0 aliphatic heterocycles. The van der Waals surface area contributed by atoms with Crippen molar-refractivity contribution in [1.82, 2.24) is 10.1 Å². The van der Waals surface area contributed by atoms with Gasteiger partial charge in [-0.15, -0.1) is 11.3 Å². The average molecular weight is 304 g/mol. The zero-order valence-electron chi connectivity index (χ0n) is 8.51. The summed E-state index contributed by atoms with van der Waals surface area (Å²) >= 11 is 4.91. The normalized spacial score (nSPS) is 12.9. The smallest absolute Gasteiger partial charge is 0.257 e. The number of rotatable bonds is 4. The van der Waals surface area contributed by atoms with E-state index >= 15 is 0 Å². The van der Waals surface area contributed by atoms with E-state index in [2.05, 4.69) is 26.1 Å². The quantitative estimate of drug-likeness (QED) is 0.937. The number of thiophene rings is 1. The molecule has 0 fully saturated rings. The predicted octanol–water partition coefficient (Wildman–Crippen LogP) is 2.21. The molecule has 0 aromatic carbocycles. The summed E-state index contributed by atoms with van der Waals surface area (Å²) in [6.45, 7) is 0.312. The molecule has 0 radical (unpaired) electrons. The van der Waals surface area contributed by atoms with Gasteiger partial charge >= 0.3 is 0 Å². The third kappa shape index (κ3) is 2.32. The van der Waals surface area contributed by atoms with Crippen molar-refractivity contribution in [2.75, 3.05) is 13.7 Å². The highest BCUT2D eigenvalue weighted by Gasteiger charge is 2.18. The van der Waals surface area contributed by atoms with Gasteiger partial charge in [0.2, 0.25) is 5.82 Å². The van der Waals surface area contributed by atoms with Gasteiger partial charge in [0.05, 0.1) is 4.88 Å². The first-order valence-corrected chi connectivity index (χ1v) is 6.22. The molecule has 1 unspecified atom stereocenters. The molecule has 0 aliphatic rings. The van der Waals surface area contributed by atoms with Gasteiger partial charge in [-0.25, -0.2) is 0 Å². The van der Waals surface area contributed by atoms with E-state index in [9.17, 15) is 0 Å². The minimum Gasteiger partial charge on any atom is -0.370 e. The lowest BCUT2D eigenvalue weighted by Crippen LogP contribution is -2.14. The molecule has 0 saturated carbocycles. The zero-order valence-corrected chi connectivity index (χ0v) is 10.9. The molecule has 0 aliphatic carbocycles. The first-order valence-electron chi connectivity index (χ1n) is 4.55. The van der Waals surface area contributed by atoms with E-state index in [0.29, 0.717) is 18.3 Å². The van der Waals surface area contributed by atoms with Gasteiger partial charge < -0.3 is 15.0 Å². The van der Waals surface area contributed by atoms with Gasteiger partial charge in [0.15, 0.2) is 0 Å². The minimum absolute atomic E-state index is 0.312. The van der Waals surface area contributed by atoms with Gasteiger partial charge in [-0.2, -0.15) is 4.98 Å². The van der Waals surface area contributed by atoms with Crippen LogP contribution in [-0.4, -0.2) is 23.8 Å². The summed E-state index contributed by atoms with van der Waals surface area (Å²) in [5, 5.41) is 5.84. The maximum absolute atomic E-state index is 5.51. The number of aromatic nitrogens is 2. The Morgan fingerprint density at radius 3 is 3.06 bits per heavy atom. The number of methoxy groups -OCH3 is 1. The van der Waals surface area contributed by atoms with E-state index in [0.717, 1.165) is 9.35 Å².